The first-order chi connectivity index (χ1) is 12.5. The normalized spacial score (nSPS) is 15.6. The number of carboxylic acid groups (broad SMARTS) is 1. The molecule has 1 unspecified atom stereocenters. The van der Waals surface area contributed by atoms with Crippen LogP contribution in [0.15, 0.2) is 30.5 Å². The summed E-state index contributed by atoms with van der Waals surface area (Å²) in [6, 6.07) is 5.27. The van der Waals surface area contributed by atoms with E-state index < -0.39 is 17.9 Å². The molecule has 1 atom stereocenters. The molecule has 1 fully saturated rings. The largest absolute Gasteiger partial charge is 0.495 e. The van der Waals surface area contributed by atoms with E-state index in [1.807, 2.05) is 0 Å². The maximum absolute atomic E-state index is 12.5. The zero-order valence-corrected chi connectivity index (χ0v) is 15.1. The van der Waals surface area contributed by atoms with E-state index in [4.69, 9.17) is 16.3 Å². The third-order valence-electron chi connectivity index (χ3n) is 4.57. The zero-order chi connectivity index (χ0) is 18.7. The number of carbonyl (C=O) groups is 2. The Hall–Kier alpha value is -2.54. The first-order valence-corrected chi connectivity index (χ1v) is 8.79. The molecule has 7 nitrogen and oxygen atoms in total. The summed E-state index contributed by atoms with van der Waals surface area (Å²) >= 11 is 6.06. The van der Waals surface area contributed by atoms with Crippen LogP contribution in [-0.4, -0.2) is 33.9 Å². The average molecular weight is 378 g/mol. The molecule has 2 N–H and O–H groups in total. The number of amides is 1. The molecule has 0 bridgehead atoms. The number of aromatic nitrogens is 2. The molecule has 0 spiro atoms. The Kier molecular flexibility index (Phi) is 5.46. The van der Waals surface area contributed by atoms with Crippen LogP contribution in [0, 0.1) is 0 Å². The first-order valence-electron chi connectivity index (χ1n) is 8.42. The van der Waals surface area contributed by atoms with E-state index in [1.54, 1.807) is 29.1 Å². The lowest BCUT2D eigenvalue weighted by atomic mass is 10.1. The zero-order valence-electron chi connectivity index (χ0n) is 14.3. The van der Waals surface area contributed by atoms with E-state index in [1.165, 1.54) is 13.2 Å². The van der Waals surface area contributed by atoms with Crippen LogP contribution in [-0.2, 0) is 4.79 Å². The predicted molar refractivity (Wildman–Crippen MR) is 95.6 cm³/mol. The summed E-state index contributed by atoms with van der Waals surface area (Å²) in [6.45, 7) is 0. The lowest BCUT2D eigenvalue weighted by Gasteiger charge is -2.15. The first kappa shape index (κ1) is 18.3. The van der Waals surface area contributed by atoms with Gasteiger partial charge in [0, 0.05) is 6.20 Å². The van der Waals surface area contributed by atoms with Gasteiger partial charge in [-0.15, -0.1) is 0 Å². The van der Waals surface area contributed by atoms with Crippen LogP contribution >= 0.6 is 11.6 Å². The molecule has 1 aliphatic rings. The van der Waals surface area contributed by atoms with E-state index in [0.717, 1.165) is 25.7 Å². The van der Waals surface area contributed by atoms with Crippen molar-refractivity contribution in [2.45, 2.75) is 37.8 Å². The van der Waals surface area contributed by atoms with Crippen molar-refractivity contribution in [3.05, 3.63) is 46.7 Å². The Balaban J connectivity index is 1.76. The fourth-order valence-corrected chi connectivity index (χ4v) is 3.45. The number of hydrogen-bond donors (Lipinski definition) is 2. The Morgan fingerprint density at radius 1 is 1.35 bits per heavy atom. The van der Waals surface area contributed by atoms with Gasteiger partial charge >= 0.3 is 5.97 Å². The molecule has 0 aliphatic heterocycles. The van der Waals surface area contributed by atoms with E-state index in [9.17, 15) is 14.7 Å². The maximum Gasteiger partial charge on any atom is 0.330 e. The molecule has 3 rings (SSSR count). The molecular formula is C18H20ClN3O4. The molecule has 1 saturated carbocycles. The van der Waals surface area contributed by atoms with Gasteiger partial charge < -0.3 is 15.2 Å². The minimum atomic E-state index is -1.23. The second kappa shape index (κ2) is 7.78. The molecule has 1 aromatic heterocycles. The highest BCUT2D eigenvalue weighted by Crippen LogP contribution is 2.29. The van der Waals surface area contributed by atoms with Gasteiger partial charge in [-0.05, 0) is 36.6 Å². The van der Waals surface area contributed by atoms with Gasteiger partial charge in [0.1, 0.15) is 11.4 Å². The standard InChI is InChI=1S/C18H20ClN3O4/c1-26-15-7-6-11(10-13(15)19)16(18(24)25)20-17(23)14-8-9-22(21-14)12-4-2-3-5-12/h6-10,12,16H,2-5H2,1H3,(H,20,23)(H,24,25). The van der Waals surface area contributed by atoms with Crippen molar-refractivity contribution >= 4 is 23.5 Å². The van der Waals surface area contributed by atoms with Crippen LogP contribution in [0.2, 0.25) is 5.02 Å². The van der Waals surface area contributed by atoms with Crippen molar-refractivity contribution in [2.24, 2.45) is 0 Å². The number of nitrogens with zero attached hydrogens (tertiary/aromatic N) is 2. The highest BCUT2D eigenvalue weighted by Gasteiger charge is 2.25. The average Bonchev–Trinajstić information content (AvgIpc) is 3.30. The number of halogens is 1. The summed E-state index contributed by atoms with van der Waals surface area (Å²) in [6.07, 6.45) is 6.18. The highest BCUT2D eigenvalue weighted by molar-refractivity contribution is 6.32. The number of nitrogens with one attached hydrogen (secondary N) is 1. The summed E-state index contributed by atoms with van der Waals surface area (Å²) in [5.74, 6) is -1.29. The number of aliphatic carboxylic acids is 1. The van der Waals surface area contributed by atoms with Crippen molar-refractivity contribution in [1.82, 2.24) is 15.1 Å². The third-order valence-corrected chi connectivity index (χ3v) is 4.87. The van der Waals surface area contributed by atoms with Gasteiger partial charge in [-0.2, -0.15) is 5.10 Å². The number of methoxy groups -OCH3 is 1. The van der Waals surface area contributed by atoms with Crippen molar-refractivity contribution in [1.29, 1.82) is 0 Å². The smallest absolute Gasteiger partial charge is 0.330 e. The van der Waals surface area contributed by atoms with Gasteiger partial charge in [0.2, 0.25) is 0 Å². The van der Waals surface area contributed by atoms with Crippen LogP contribution < -0.4 is 10.1 Å². The molecule has 1 heterocycles. The van der Waals surface area contributed by atoms with E-state index in [0.29, 0.717) is 17.4 Å². The Morgan fingerprint density at radius 3 is 2.69 bits per heavy atom. The van der Waals surface area contributed by atoms with Gasteiger partial charge in [0.25, 0.3) is 5.91 Å². The second-order valence-electron chi connectivity index (χ2n) is 6.26. The van der Waals surface area contributed by atoms with Gasteiger partial charge in [0.05, 0.1) is 18.2 Å². The number of ether oxygens (including phenoxy) is 1. The van der Waals surface area contributed by atoms with E-state index in [-0.39, 0.29) is 10.7 Å². The topological polar surface area (TPSA) is 93.5 Å². The third kappa shape index (κ3) is 3.83. The van der Waals surface area contributed by atoms with Crippen LogP contribution in [0.5, 0.6) is 5.75 Å². The van der Waals surface area contributed by atoms with Crippen LogP contribution in [0.4, 0.5) is 0 Å². The van der Waals surface area contributed by atoms with Gasteiger partial charge in [-0.3, -0.25) is 9.48 Å². The summed E-state index contributed by atoms with van der Waals surface area (Å²) in [4.78, 5) is 24.1. The van der Waals surface area contributed by atoms with Gasteiger partial charge in [0.15, 0.2) is 6.04 Å². The summed E-state index contributed by atoms with van der Waals surface area (Å²) < 4.78 is 6.86. The maximum atomic E-state index is 12.5. The summed E-state index contributed by atoms with van der Waals surface area (Å²) in [5.41, 5.74) is 0.551. The SMILES string of the molecule is COc1ccc(C(NC(=O)c2ccn(C3CCCC3)n2)C(=O)O)cc1Cl. The second-order valence-corrected chi connectivity index (χ2v) is 6.67. The van der Waals surface area contributed by atoms with Gasteiger partial charge in [-0.25, -0.2) is 4.79 Å². The Morgan fingerprint density at radius 2 is 2.08 bits per heavy atom. The van der Waals surface area contributed by atoms with Crippen molar-refractivity contribution in [2.75, 3.05) is 7.11 Å². The lowest BCUT2D eigenvalue weighted by molar-refractivity contribution is -0.139. The van der Waals surface area contributed by atoms with Crippen molar-refractivity contribution in [3.63, 3.8) is 0 Å². The number of benzene rings is 1. The lowest BCUT2D eigenvalue weighted by Crippen LogP contribution is -2.34. The molecule has 2 aromatic rings. The van der Waals surface area contributed by atoms with Crippen LogP contribution in [0.3, 0.4) is 0 Å². The molecule has 138 valence electrons. The quantitative estimate of drug-likeness (QED) is 0.806. The number of rotatable bonds is 6. The van der Waals surface area contributed by atoms with Crippen LogP contribution in [0.1, 0.15) is 53.8 Å². The van der Waals surface area contributed by atoms with Crippen LogP contribution in [0.25, 0.3) is 0 Å². The molecular weight excluding hydrogens is 358 g/mol. The molecule has 1 amide bonds. The number of carboxylic acids is 1. The highest BCUT2D eigenvalue weighted by atomic mass is 35.5. The summed E-state index contributed by atoms with van der Waals surface area (Å²) in [7, 11) is 1.47. The molecule has 1 aromatic carbocycles. The molecule has 26 heavy (non-hydrogen) atoms. The predicted octanol–water partition coefficient (Wildman–Crippen LogP) is 3.22. The molecule has 8 heteroatoms. The fourth-order valence-electron chi connectivity index (χ4n) is 3.19. The molecule has 1 aliphatic carbocycles. The molecule has 0 saturated heterocycles. The number of carbonyl (C=O) groups excluding carboxylic acids is 1. The Labute approximate surface area is 155 Å². The minimum absolute atomic E-state index is 0.197. The van der Waals surface area contributed by atoms with E-state index in [2.05, 4.69) is 10.4 Å². The van der Waals surface area contributed by atoms with Gasteiger partial charge in [-0.1, -0.05) is 30.5 Å². The van der Waals surface area contributed by atoms with Crippen molar-refractivity contribution in [3.8, 4) is 5.75 Å². The minimum Gasteiger partial charge on any atom is -0.495 e. The Bertz CT molecular complexity index is 815. The molecule has 0 radical (unpaired) electrons. The van der Waals surface area contributed by atoms with E-state index >= 15 is 0 Å². The summed E-state index contributed by atoms with van der Waals surface area (Å²) in [5, 5.41) is 16.6. The monoisotopic (exact) mass is 377 g/mol. The van der Waals surface area contributed by atoms with Crippen molar-refractivity contribution < 1.29 is 19.4 Å². The fraction of sp³-hybridized carbons (Fsp3) is 0.389. The number of hydrogen-bond acceptors (Lipinski definition) is 4.